The molecule has 0 unspecified atom stereocenters. The van der Waals surface area contributed by atoms with Crippen molar-refractivity contribution in [3.05, 3.63) is 23.8 Å². The average Bonchev–Trinajstić information content (AvgIpc) is 2.58. The Kier molecular flexibility index (Phi) is 2.73. The van der Waals surface area contributed by atoms with Gasteiger partial charge in [-0.1, -0.05) is 0 Å². The predicted molar refractivity (Wildman–Crippen MR) is 50.4 cm³/mol. The molecule has 0 saturated carbocycles. The summed E-state index contributed by atoms with van der Waals surface area (Å²) in [5, 5.41) is 3.07. The second kappa shape index (κ2) is 4.02. The Balaban J connectivity index is 2.21. The molecule has 0 saturated heterocycles. The molecule has 0 amide bonds. The Bertz CT molecular complexity index is 357. The van der Waals surface area contributed by atoms with Crippen molar-refractivity contribution in [3.63, 3.8) is 0 Å². The Labute approximate surface area is 86.0 Å². The molecule has 0 aliphatic carbocycles. The number of halogens is 2. The zero-order chi connectivity index (χ0) is 10.8. The van der Waals surface area contributed by atoms with Gasteiger partial charge in [-0.25, -0.2) is 0 Å². The molecule has 1 aliphatic heterocycles. The maximum Gasteiger partial charge on any atom is 0.387 e. The normalized spacial score (nSPS) is 18.8. The van der Waals surface area contributed by atoms with E-state index in [1.807, 2.05) is 7.05 Å². The topological polar surface area (TPSA) is 30.5 Å². The van der Waals surface area contributed by atoms with Crippen LogP contribution in [-0.4, -0.2) is 20.3 Å². The molecule has 3 nitrogen and oxygen atoms in total. The Morgan fingerprint density at radius 2 is 2.33 bits per heavy atom. The second-order valence-electron chi connectivity index (χ2n) is 3.23. The molecule has 1 aliphatic rings. The SMILES string of the molecule is CN[C@@H]1COc2cc(OC(F)F)ccc21. The van der Waals surface area contributed by atoms with E-state index in [1.54, 1.807) is 6.07 Å². The summed E-state index contributed by atoms with van der Waals surface area (Å²) in [6.07, 6.45) is 0. The van der Waals surface area contributed by atoms with Gasteiger partial charge in [-0.05, 0) is 19.2 Å². The van der Waals surface area contributed by atoms with E-state index < -0.39 is 6.61 Å². The zero-order valence-corrected chi connectivity index (χ0v) is 8.17. The number of nitrogens with one attached hydrogen (secondary N) is 1. The lowest BCUT2D eigenvalue weighted by atomic mass is 10.1. The molecule has 0 bridgehead atoms. The van der Waals surface area contributed by atoms with Crippen LogP contribution >= 0.6 is 0 Å². The van der Waals surface area contributed by atoms with Crippen molar-refractivity contribution in [3.8, 4) is 11.5 Å². The third kappa shape index (κ3) is 2.02. The number of benzene rings is 1. The highest BCUT2D eigenvalue weighted by Crippen LogP contribution is 2.35. The van der Waals surface area contributed by atoms with Gasteiger partial charge in [-0.2, -0.15) is 8.78 Å². The maximum absolute atomic E-state index is 11.9. The van der Waals surface area contributed by atoms with Crippen LogP contribution < -0.4 is 14.8 Å². The van der Waals surface area contributed by atoms with Gasteiger partial charge in [0.2, 0.25) is 0 Å². The third-order valence-electron chi connectivity index (χ3n) is 2.34. The molecular weight excluding hydrogens is 204 g/mol. The largest absolute Gasteiger partial charge is 0.491 e. The van der Waals surface area contributed by atoms with E-state index >= 15 is 0 Å². The fourth-order valence-electron chi connectivity index (χ4n) is 1.61. The third-order valence-corrected chi connectivity index (χ3v) is 2.34. The van der Waals surface area contributed by atoms with Crippen molar-refractivity contribution in [2.24, 2.45) is 0 Å². The Morgan fingerprint density at radius 3 is 3.00 bits per heavy atom. The molecule has 1 aromatic carbocycles. The first kappa shape index (κ1) is 10.2. The van der Waals surface area contributed by atoms with E-state index in [-0.39, 0.29) is 11.8 Å². The van der Waals surface area contributed by atoms with Gasteiger partial charge in [-0.3, -0.25) is 0 Å². The van der Waals surface area contributed by atoms with Crippen LogP contribution in [0.1, 0.15) is 11.6 Å². The average molecular weight is 215 g/mol. The van der Waals surface area contributed by atoms with Crippen LogP contribution in [-0.2, 0) is 0 Å². The standard InChI is InChI=1S/C10H11F2NO2/c1-13-8-5-14-9-4-6(15-10(11)12)2-3-7(8)9/h2-4,8,10,13H,5H2,1H3/t8-/m1/s1. The van der Waals surface area contributed by atoms with Gasteiger partial charge in [-0.15, -0.1) is 0 Å². The predicted octanol–water partition coefficient (Wildman–Crippen LogP) is 1.94. The molecule has 5 heteroatoms. The molecule has 2 rings (SSSR count). The highest BCUT2D eigenvalue weighted by atomic mass is 19.3. The summed E-state index contributed by atoms with van der Waals surface area (Å²) in [7, 11) is 1.83. The molecule has 0 fully saturated rings. The fourth-order valence-corrected chi connectivity index (χ4v) is 1.61. The zero-order valence-electron chi connectivity index (χ0n) is 8.17. The highest BCUT2D eigenvalue weighted by Gasteiger charge is 2.23. The van der Waals surface area contributed by atoms with E-state index in [4.69, 9.17) is 4.74 Å². The van der Waals surface area contributed by atoms with Crippen molar-refractivity contribution in [1.29, 1.82) is 0 Å². The molecule has 1 heterocycles. The number of likely N-dealkylation sites (N-methyl/N-ethyl adjacent to an activating group) is 1. The van der Waals surface area contributed by atoms with Crippen LogP contribution in [0.2, 0.25) is 0 Å². The van der Waals surface area contributed by atoms with Crippen LogP contribution in [0, 0.1) is 0 Å². The summed E-state index contributed by atoms with van der Waals surface area (Å²) in [4.78, 5) is 0. The Hall–Kier alpha value is -1.36. The summed E-state index contributed by atoms with van der Waals surface area (Å²) in [5.41, 5.74) is 0.971. The minimum Gasteiger partial charge on any atom is -0.491 e. The summed E-state index contributed by atoms with van der Waals surface area (Å²) in [5.74, 6) is 0.730. The minimum atomic E-state index is -2.80. The van der Waals surface area contributed by atoms with E-state index in [0.717, 1.165) is 5.56 Å². The minimum absolute atomic E-state index is 0.125. The number of fused-ring (bicyclic) bond motifs is 1. The molecule has 1 atom stereocenters. The van der Waals surface area contributed by atoms with E-state index in [2.05, 4.69) is 10.1 Å². The van der Waals surface area contributed by atoms with Gasteiger partial charge in [0.05, 0.1) is 6.04 Å². The van der Waals surface area contributed by atoms with Gasteiger partial charge >= 0.3 is 6.61 Å². The van der Waals surface area contributed by atoms with E-state index in [9.17, 15) is 8.78 Å². The second-order valence-corrected chi connectivity index (χ2v) is 3.23. The van der Waals surface area contributed by atoms with Crippen molar-refractivity contribution >= 4 is 0 Å². The van der Waals surface area contributed by atoms with Gasteiger partial charge < -0.3 is 14.8 Å². The van der Waals surface area contributed by atoms with E-state index in [1.165, 1.54) is 12.1 Å². The van der Waals surface area contributed by atoms with Gasteiger partial charge in [0, 0.05) is 11.6 Å². The number of alkyl halides is 2. The van der Waals surface area contributed by atoms with Gasteiger partial charge in [0.15, 0.2) is 0 Å². The number of rotatable bonds is 3. The molecule has 1 N–H and O–H groups in total. The summed E-state index contributed by atoms with van der Waals surface area (Å²) < 4.78 is 33.5. The van der Waals surface area contributed by atoms with Crippen LogP contribution in [0.3, 0.4) is 0 Å². The fraction of sp³-hybridized carbons (Fsp3) is 0.400. The summed E-state index contributed by atoms with van der Waals surface area (Å²) in [6.45, 7) is -2.28. The number of hydrogen-bond acceptors (Lipinski definition) is 3. The monoisotopic (exact) mass is 215 g/mol. The lowest BCUT2D eigenvalue weighted by Gasteiger charge is -2.07. The molecule has 15 heavy (non-hydrogen) atoms. The number of ether oxygens (including phenoxy) is 2. The lowest BCUT2D eigenvalue weighted by molar-refractivity contribution is -0.0499. The van der Waals surface area contributed by atoms with Crippen molar-refractivity contribution in [2.75, 3.05) is 13.7 Å². The summed E-state index contributed by atoms with van der Waals surface area (Å²) >= 11 is 0. The first-order valence-electron chi connectivity index (χ1n) is 4.59. The molecular formula is C10H11F2NO2. The Morgan fingerprint density at radius 1 is 1.53 bits per heavy atom. The molecule has 0 radical (unpaired) electrons. The smallest absolute Gasteiger partial charge is 0.387 e. The van der Waals surface area contributed by atoms with Crippen molar-refractivity contribution < 1.29 is 18.3 Å². The van der Waals surface area contributed by atoms with Crippen molar-refractivity contribution in [2.45, 2.75) is 12.7 Å². The van der Waals surface area contributed by atoms with E-state index in [0.29, 0.717) is 12.4 Å². The lowest BCUT2D eigenvalue weighted by Crippen LogP contribution is -2.17. The number of hydrogen-bond donors (Lipinski definition) is 1. The van der Waals surface area contributed by atoms with Gasteiger partial charge in [0.25, 0.3) is 0 Å². The molecule has 0 aromatic heterocycles. The van der Waals surface area contributed by atoms with Crippen LogP contribution in [0.15, 0.2) is 18.2 Å². The first-order chi connectivity index (χ1) is 7.20. The first-order valence-corrected chi connectivity index (χ1v) is 4.59. The van der Waals surface area contributed by atoms with Crippen LogP contribution in [0.5, 0.6) is 11.5 Å². The quantitative estimate of drug-likeness (QED) is 0.835. The molecule has 82 valence electrons. The molecule has 1 aromatic rings. The molecule has 0 spiro atoms. The van der Waals surface area contributed by atoms with Crippen LogP contribution in [0.4, 0.5) is 8.78 Å². The maximum atomic E-state index is 11.9. The summed E-state index contributed by atoms with van der Waals surface area (Å²) in [6, 6.07) is 4.87. The van der Waals surface area contributed by atoms with Crippen molar-refractivity contribution in [1.82, 2.24) is 5.32 Å². The van der Waals surface area contributed by atoms with Crippen LogP contribution in [0.25, 0.3) is 0 Å². The highest BCUT2D eigenvalue weighted by molar-refractivity contribution is 5.44. The van der Waals surface area contributed by atoms with Gasteiger partial charge in [0.1, 0.15) is 18.1 Å².